The average molecular weight is 436 g/mol. The van der Waals surface area contributed by atoms with Crippen molar-refractivity contribution in [1.82, 2.24) is 14.5 Å². The zero-order chi connectivity index (χ0) is 22.4. The van der Waals surface area contributed by atoms with E-state index < -0.39 is 5.97 Å². The van der Waals surface area contributed by atoms with Gasteiger partial charge in [-0.3, -0.25) is 4.79 Å². The van der Waals surface area contributed by atoms with E-state index in [4.69, 9.17) is 4.98 Å². The number of likely N-dealkylation sites (tertiary alicyclic amines) is 1. The smallest absolute Gasteiger partial charge is 0.335 e. The van der Waals surface area contributed by atoms with Crippen LogP contribution in [-0.4, -0.2) is 44.0 Å². The molecule has 0 bridgehead atoms. The minimum absolute atomic E-state index is 0.108. The van der Waals surface area contributed by atoms with E-state index in [1.54, 1.807) is 12.1 Å². The summed E-state index contributed by atoms with van der Waals surface area (Å²) in [6, 6.07) is 7.57. The molecule has 1 aromatic carbocycles. The van der Waals surface area contributed by atoms with Gasteiger partial charge in [0.1, 0.15) is 5.82 Å². The second-order valence-corrected chi connectivity index (χ2v) is 9.76. The summed E-state index contributed by atoms with van der Waals surface area (Å²) in [5.41, 5.74) is 2.57. The molecule has 2 aliphatic carbocycles. The molecule has 5 atom stereocenters. The summed E-state index contributed by atoms with van der Waals surface area (Å²) in [6.45, 7) is 5.87. The van der Waals surface area contributed by atoms with Gasteiger partial charge in [-0.1, -0.05) is 32.4 Å². The molecule has 5 unspecified atom stereocenters. The molecule has 1 N–H and O–H groups in total. The highest BCUT2D eigenvalue weighted by atomic mass is 16.4. The molecule has 2 heterocycles. The second-order valence-electron chi connectivity index (χ2n) is 9.76. The molecular formula is C26H33N3O3. The lowest BCUT2D eigenvalue weighted by Crippen LogP contribution is -2.50. The van der Waals surface area contributed by atoms with E-state index in [2.05, 4.69) is 23.3 Å². The van der Waals surface area contributed by atoms with Crippen molar-refractivity contribution >= 4 is 11.9 Å². The molecule has 6 nitrogen and oxygen atoms in total. The number of hydrogen-bond acceptors (Lipinski definition) is 3. The number of carbonyl (C=O) groups is 2. The number of carboxylic acid groups (broad SMARTS) is 1. The van der Waals surface area contributed by atoms with Gasteiger partial charge in [-0.15, -0.1) is 0 Å². The summed E-state index contributed by atoms with van der Waals surface area (Å²) < 4.78 is 2.32. The number of aryl methyl sites for hydroxylation is 1. The van der Waals surface area contributed by atoms with Crippen LogP contribution >= 0.6 is 0 Å². The molecule has 0 radical (unpaired) electrons. The van der Waals surface area contributed by atoms with Crippen LogP contribution in [0.3, 0.4) is 0 Å². The fourth-order valence-corrected chi connectivity index (χ4v) is 6.71. The van der Waals surface area contributed by atoms with Gasteiger partial charge in [-0.25, -0.2) is 9.78 Å². The van der Waals surface area contributed by atoms with Gasteiger partial charge >= 0.3 is 5.97 Å². The van der Waals surface area contributed by atoms with Gasteiger partial charge in [-0.05, 0) is 55.2 Å². The van der Waals surface area contributed by atoms with Gasteiger partial charge in [0, 0.05) is 43.4 Å². The third-order valence-corrected chi connectivity index (χ3v) is 8.00. The molecule has 170 valence electrons. The Bertz CT molecular complexity index is 1010. The minimum Gasteiger partial charge on any atom is -0.478 e. The number of amides is 1. The first kappa shape index (κ1) is 21.2. The number of hydrogen-bond donors (Lipinski definition) is 1. The Kier molecular flexibility index (Phi) is 5.56. The van der Waals surface area contributed by atoms with Gasteiger partial charge in [0.05, 0.1) is 11.5 Å². The maximum Gasteiger partial charge on any atom is 0.335 e. The largest absolute Gasteiger partial charge is 0.478 e. The van der Waals surface area contributed by atoms with E-state index in [0.29, 0.717) is 35.9 Å². The number of aromatic carboxylic acids is 1. The first-order chi connectivity index (χ1) is 15.5. The molecule has 32 heavy (non-hydrogen) atoms. The fraction of sp³-hybridized carbons (Fsp3) is 0.577. The predicted octanol–water partition coefficient (Wildman–Crippen LogP) is 4.33. The Morgan fingerprint density at radius 1 is 1.12 bits per heavy atom. The zero-order valence-electron chi connectivity index (χ0n) is 19.0. The molecule has 1 saturated heterocycles. The van der Waals surface area contributed by atoms with Crippen LogP contribution in [0.5, 0.6) is 0 Å². The minimum atomic E-state index is -0.907. The van der Waals surface area contributed by atoms with Crippen LogP contribution < -0.4 is 0 Å². The van der Waals surface area contributed by atoms with Gasteiger partial charge in [-0.2, -0.15) is 0 Å². The lowest BCUT2D eigenvalue weighted by Gasteiger charge is -2.51. The van der Waals surface area contributed by atoms with Gasteiger partial charge < -0.3 is 14.6 Å². The molecule has 1 aliphatic heterocycles. The Morgan fingerprint density at radius 3 is 2.59 bits per heavy atom. The van der Waals surface area contributed by atoms with Crippen LogP contribution in [0.1, 0.15) is 79.3 Å². The van der Waals surface area contributed by atoms with E-state index >= 15 is 0 Å². The molecule has 2 saturated carbocycles. The van der Waals surface area contributed by atoms with E-state index in [9.17, 15) is 14.7 Å². The second kappa shape index (κ2) is 8.38. The first-order valence-corrected chi connectivity index (χ1v) is 12.2. The van der Waals surface area contributed by atoms with Crippen molar-refractivity contribution < 1.29 is 14.7 Å². The first-order valence-electron chi connectivity index (χ1n) is 12.2. The Morgan fingerprint density at radius 2 is 1.91 bits per heavy atom. The fourth-order valence-electron chi connectivity index (χ4n) is 6.71. The number of aromatic nitrogens is 2. The Hall–Kier alpha value is -2.63. The monoisotopic (exact) mass is 435 g/mol. The highest BCUT2D eigenvalue weighted by Gasteiger charge is 2.65. The Labute approximate surface area is 189 Å². The highest BCUT2D eigenvalue weighted by Crippen LogP contribution is 2.63. The lowest BCUT2D eigenvalue weighted by molar-refractivity contribution is -0.135. The molecule has 0 spiro atoms. The van der Waals surface area contributed by atoms with Crippen LogP contribution in [-0.2, 0) is 17.8 Å². The van der Waals surface area contributed by atoms with E-state index in [-0.39, 0.29) is 11.8 Å². The highest BCUT2D eigenvalue weighted by molar-refractivity contribution is 5.87. The van der Waals surface area contributed by atoms with Gasteiger partial charge in [0.25, 0.3) is 0 Å². The average Bonchev–Trinajstić information content (AvgIpc) is 3.27. The molecule has 1 aromatic heterocycles. The third-order valence-electron chi connectivity index (χ3n) is 8.00. The van der Waals surface area contributed by atoms with Crippen molar-refractivity contribution in [2.24, 2.45) is 17.8 Å². The van der Waals surface area contributed by atoms with Crippen molar-refractivity contribution in [3.05, 3.63) is 53.1 Å². The Balaban J connectivity index is 1.48. The van der Waals surface area contributed by atoms with E-state index in [1.165, 1.54) is 18.5 Å². The number of carbonyl (C=O) groups excluding carboxylic acids is 1. The summed E-state index contributed by atoms with van der Waals surface area (Å²) in [6.07, 6.45) is 8.52. The SMILES string of the molecule is CCCc1ncc(C2C3CCCC4C3C2C(=O)N4CCC)n1Cc1ccc(C(=O)O)cc1. The molecular weight excluding hydrogens is 402 g/mol. The molecule has 1 amide bonds. The molecule has 3 fully saturated rings. The van der Waals surface area contributed by atoms with Crippen molar-refractivity contribution in [3.63, 3.8) is 0 Å². The third kappa shape index (κ3) is 3.26. The summed E-state index contributed by atoms with van der Waals surface area (Å²) in [4.78, 5) is 31.6. The van der Waals surface area contributed by atoms with E-state index in [1.807, 2.05) is 18.3 Å². The molecule has 5 rings (SSSR count). The summed E-state index contributed by atoms with van der Waals surface area (Å²) in [5.74, 6) is 1.97. The number of benzene rings is 1. The maximum atomic E-state index is 13.4. The number of carboxylic acids is 1. The number of imidazole rings is 1. The van der Waals surface area contributed by atoms with Crippen molar-refractivity contribution in [2.45, 2.75) is 70.9 Å². The normalized spacial score (nSPS) is 28.5. The number of rotatable bonds is 8. The summed E-state index contributed by atoms with van der Waals surface area (Å²) in [5, 5.41) is 9.21. The maximum absolute atomic E-state index is 13.4. The molecule has 3 aliphatic rings. The summed E-state index contributed by atoms with van der Waals surface area (Å²) >= 11 is 0. The zero-order valence-corrected chi connectivity index (χ0v) is 19.0. The van der Waals surface area contributed by atoms with Crippen molar-refractivity contribution in [3.8, 4) is 0 Å². The van der Waals surface area contributed by atoms with Crippen LogP contribution in [0.25, 0.3) is 0 Å². The van der Waals surface area contributed by atoms with Crippen LogP contribution in [0.15, 0.2) is 30.5 Å². The molecule has 2 aromatic rings. The van der Waals surface area contributed by atoms with Crippen LogP contribution in [0, 0.1) is 17.8 Å². The van der Waals surface area contributed by atoms with Crippen LogP contribution in [0.2, 0.25) is 0 Å². The molecule has 6 heteroatoms. The van der Waals surface area contributed by atoms with Crippen LogP contribution in [0.4, 0.5) is 0 Å². The topological polar surface area (TPSA) is 75.4 Å². The standard InChI is InChI=1S/C26H33N3O3/c1-3-6-21-27-14-20(29(21)15-16-9-11-17(12-10-16)26(31)32)23-18-7-5-8-19-22(18)24(23)25(30)28(19)13-4-2/h9-12,14,18-19,22-24H,3-8,13,15H2,1-2H3,(H,31,32). The summed E-state index contributed by atoms with van der Waals surface area (Å²) in [7, 11) is 0. The van der Waals surface area contributed by atoms with Crippen molar-refractivity contribution in [2.75, 3.05) is 6.54 Å². The van der Waals surface area contributed by atoms with Crippen molar-refractivity contribution in [1.29, 1.82) is 0 Å². The van der Waals surface area contributed by atoms with Gasteiger partial charge in [0.2, 0.25) is 5.91 Å². The van der Waals surface area contributed by atoms with Gasteiger partial charge in [0.15, 0.2) is 0 Å². The quantitative estimate of drug-likeness (QED) is 0.670. The van der Waals surface area contributed by atoms with E-state index in [0.717, 1.165) is 43.6 Å². The number of nitrogens with zero attached hydrogens (tertiary/aromatic N) is 3. The lowest BCUT2D eigenvalue weighted by atomic mass is 9.51. The predicted molar refractivity (Wildman–Crippen MR) is 122 cm³/mol.